The fourth-order valence-corrected chi connectivity index (χ4v) is 3.80. The first-order valence-corrected chi connectivity index (χ1v) is 11.3. The molecule has 0 saturated heterocycles. The molecule has 2 unspecified atom stereocenters. The van der Waals surface area contributed by atoms with Crippen LogP contribution in [0.3, 0.4) is 0 Å². The SMILES string of the molecule is CC(NC(=O)C(NC(=O)c1cccs1)C(C)C)c1ccc(S(C)(=O)=O)cc1. The van der Waals surface area contributed by atoms with Gasteiger partial charge in [0.2, 0.25) is 5.91 Å². The average Bonchev–Trinajstić information content (AvgIpc) is 3.13. The lowest BCUT2D eigenvalue weighted by Gasteiger charge is -2.24. The third kappa shape index (κ3) is 5.64. The summed E-state index contributed by atoms with van der Waals surface area (Å²) in [4.78, 5) is 25.7. The van der Waals surface area contributed by atoms with Gasteiger partial charge in [0.15, 0.2) is 9.84 Å². The van der Waals surface area contributed by atoms with Gasteiger partial charge in [0.25, 0.3) is 5.91 Å². The Morgan fingerprint density at radius 3 is 2.11 bits per heavy atom. The number of hydrogen-bond acceptors (Lipinski definition) is 5. The molecule has 6 nitrogen and oxygen atoms in total. The molecule has 27 heavy (non-hydrogen) atoms. The maximum absolute atomic E-state index is 12.7. The molecule has 8 heteroatoms. The number of sulfone groups is 1. The molecule has 2 atom stereocenters. The minimum absolute atomic E-state index is 0.0891. The highest BCUT2D eigenvalue weighted by Gasteiger charge is 2.26. The van der Waals surface area contributed by atoms with Gasteiger partial charge in [-0.2, -0.15) is 0 Å². The maximum atomic E-state index is 12.7. The highest BCUT2D eigenvalue weighted by atomic mass is 32.2. The zero-order chi connectivity index (χ0) is 20.2. The monoisotopic (exact) mass is 408 g/mol. The molecule has 0 aliphatic carbocycles. The maximum Gasteiger partial charge on any atom is 0.262 e. The Morgan fingerprint density at radius 1 is 1.00 bits per heavy atom. The van der Waals surface area contributed by atoms with Gasteiger partial charge in [-0.1, -0.05) is 32.0 Å². The molecule has 1 heterocycles. The van der Waals surface area contributed by atoms with Crippen molar-refractivity contribution in [2.75, 3.05) is 6.26 Å². The third-order valence-corrected chi connectivity index (χ3v) is 6.14. The largest absolute Gasteiger partial charge is 0.348 e. The molecular formula is C19H24N2O4S2. The predicted octanol–water partition coefficient (Wildman–Crippen LogP) is 2.78. The van der Waals surface area contributed by atoms with E-state index in [0.29, 0.717) is 4.88 Å². The van der Waals surface area contributed by atoms with E-state index in [1.54, 1.807) is 24.3 Å². The molecule has 0 spiro atoms. The smallest absolute Gasteiger partial charge is 0.262 e. The van der Waals surface area contributed by atoms with Crippen LogP contribution in [0.2, 0.25) is 0 Å². The normalized spacial score (nSPS) is 13.8. The minimum atomic E-state index is -3.26. The molecule has 0 aliphatic rings. The summed E-state index contributed by atoms with van der Waals surface area (Å²) in [5.41, 5.74) is 0.780. The van der Waals surface area contributed by atoms with Gasteiger partial charge < -0.3 is 10.6 Å². The van der Waals surface area contributed by atoms with E-state index in [2.05, 4.69) is 10.6 Å². The van der Waals surface area contributed by atoms with Crippen LogP contribution in [0.5, 0.6) is 0 Å². The first-order valence-electron chi connectivity index (χ1n) is 8.54. The van der Waals surface area contributed by atoms with Gasteiger partial charge >= 0.3 is 0 Å². The quantitative estimate of drug-likeness (QED) is 0.737. The van der Waals surface area contributed by atoms with Crippen molar-refractivity contribution in [3.63, 3.8) is 0 Å². The van der Waals surface area contributed by atoms with E-state index in [-0.39, 0.29) is 28.7 Å². The Hall–Kier alpha value is -2.19. The van der Waals surface area contributed by atoms with Crippen molar-refractivity contribution >= 4 is 33.0 Å². The van der Waals surface area contributed by atoms with Crippen molar-refractivity contribution in [2.24, 2.45) is 5.92 Å². The summed E-state index contributed by atoms with van der Waals surface area (Å²) >= 11 is 1.32. The summed E-state index contributed by atoms with van der Waals surface area (Å²) in [5.74, 6) is -0.646. The van der Waals surface area contributed by atoms with E-state index in [1.807, 2.05) is 26.2 Å². The van der Waals surface area contributed by atoms with Crippen molar-refractivity contribution in [3.05, 3.63) is 52.2 Å². The van der Waals surface area contributed by atoms with Crippen LogP contribution >= 0.6 is 11.3 Å². The number of amides is 2. The van der Waals surface area contributed by atoms with Gasteiger partial charge in [-0.3, -0.25) is 9.59 Å². The Balaban J connectivity index is 2.06. The summed E-state index contributed by atoms with van der Waals surface area (Å²) in [6, 6.07) is 8.89. The van der Waals surface area contributed by atoms with Crippen LogP contribution in [0.4, 0.5) is 0 Å². The number of rotatable bonds is 7. The van der Waals surface area contributed by atoms with Crippen LogP contribution in [-0.2, 0) is 14.6 Å². The van der Waals surface area contributed by atoms with E-state index in [1.165, 1.54) is 23.5 Å². The van der Waals surface area contributed by atoms with Crippen molar-refractivity contribution in [3.8, 4) is 0 Å². The number of thiophene rings is 1. The molecule has 146 valence electrons. The molecule has 0 bridgehead atoms. The summed E-state index contributed by atoms with van der Waals surface area (Å²) in [5, 5.41) is 7.48. The number of carbonyl (C=O) groups is 2. The summed E-state index contributed by atoms with van der Waals surface area (Å²) < 4.78 is 23.1. The Labute approximate surface area is 163 Å². The molecule has 2 rings (SSSR count). The first-order chi connectivity index (χ1) is 12.6. The van der Waals surface area contributed by atoms with Crippen LogP contribution in [-0.4, -0.2) is 32.5 Å². The highest BCUT2D eigenvalue weighted by molar-refractivity contribution is 7.90. The zero-order valence-electron chi connectivity index (χ0n) is 15.7. The predicted molar refractivity (Wildman–Crippen MR) is 107 cm³/mol. The lowest BCUT2D eigenvalue weighted by atomic mass is 10.0. The second kappa shape index (κ2) is 8.67. The van der Waals surface area contributed by atoms with Crippen LogP contribution in [0.15, 0.2) is 46.7 Å². The van der Waals surface area contributed by atoms with Crippen LogP contribution in [0, 0.1) is 5.92 Å². The van der Waals surface area contributed by atoms with Gasteiger partial charge in [-0.05, 0) is 42.0 Å². The van der Waals surface area contributed by atoms with Gasteiger partial charge in [-0.25, -0.2) is 8.42 Å². The van der Waals surface area contributed by atoms with Gasteiger partial charge in [0, 0.05) is 6.26 Å². The van der Waals surface area contributed by atoms with E-state index >= 15 is 0 Å². The standard InChI is InChI=1S/C19H24N2O4S2/c1-12(2)17(21-18(22)16-6-5-11-26-16)19(23)20-13(3)14-7-9-15(10-8-14)27(4,24)25/h5-13,17H,1-4H3,(H,20,23)(H,21,22). The van der Waals surface area contributed by atoms with Crippen LogP contribution in [0.1, 0.15) is 42.0 Å². The molecule has 2 aromatic rings. The van der Waals surface area contributed by atoms with Crippen LogP contribution in [0.25, 0.3) is 0 Å². The molecule has 0 aliphatic heterocycles. The topological polar surface area (TPSA) is 92.3 Å². The average molecular weight is 409 g/mol. The molecule has 0 fully saturated rings. The van der Waals surface area contributed by atoms with Crippen molar-refractivity contribution in [1.82, 2.24) is 10.6 Å². The fourth-order valence-electron chi connectivity index (χ4n) is 2.55. The Kier molecular flexibility index (Phi) is 6.78. The number of nitrogens with one attached hydrogen (secondary N) is 2. The number of hydrogen-bond donors (Lipinski definition) is 2. The van der Waals surface area contributed by atoms with E-state index < -0.39 is 15.9 Å². The van der Waals surface area contributed by atoms with Gasteiger partial charge in [0.1, 0.15) is 6.04 Å². The van der Waals surface area contributed by atoms with Crippen molar-refractivity contribution < 1.29 is 18.0 Å². The van der Waals surface area contributed by atoms with E-state index in [4.69, 9.17) is 0 Å². The third-order valence-electron chi connectivity index (χ3n) is 4.15. The molecule has 1 aromatic carbocycles. The summed E-state index contributed by atoms with van der Waals surface area (Å²) in [6.45, 7) is 5.54. The summed E-state index contributed by atoms with van der Waals surface area (Å²) in [6.07, 6.45) is 1.15. The molecule has 0 saturated carbocycles. The molecule has 1 aromatic heterocycles. The fraction of sp³-hybridized carbons (Fsp3) is 0.368. The Morgan fingerprint density at radius 2 is 1.63 bits per heavy atom. The molecule has 2 N–H and O–H groups in total. The van der Waals surface area contributed by atoms with E-state index in [0.717, 1.165) is 11.8 Å². The molecule has 2 amide bonds. The van der Waals surface area contributed by atoms with Crippen LogP contribution < -0.4 is 10.6 Å². The summed E-state index contributed by atoms with van der Waals surface area (Å²) in [7, 11) is -3.26. The number of carbonyl (C=O) groups excluding carboxylic acids is 2. The van der Waals surface area contributed by atoms with Crippen molar-refractivity contribution in [2.45, 2.75) is 37.8 Å². The zero-order valence-corrected chi connectivity index (χ0v) is 17.4. The minimum Gasteiger partial charge on any atom is -0.348 e. The molecular weight excluding hydrogens is 384 g/mol. The lowest BCUT2D eigenvalue weighted by Crippen LogP contribution is -2.50. The molecule has 0 radical (unpaired) electrons. The second-order valence-corrected chi connectivity index (χ2v) is 9.71. The van der Waals surface area contributed by atoms with Crippen molar-refractivity contribution in [1.29, 1.82) is 0 Å². The van der Waals surface area contributed by atoms with Gasteiger partial charge in [0.05, 0.1) is 15.8 Å². The van der Waals surface area contributed by atoms with E-state index in [9.17, 15) is 18.0 Å². The van der Waals surface area contributed by atoms with Gasteiger partial charge in [-0.15, -0.1) is 11.3 Å². The number of benzene rings is 1. The second-order valence-electron chi connectivity index (χ2n) is 6.74. The Bertz CT molecular complexity index is 888. The first kappa shape index (κ1) is 21.1. The lowest BCUT2D eigenvalue weighted by molar-refractivity contribution is -0.124. The highest BCUT2D eigenvalue weighted by Crippen LogP contribution is 2.17.